The highest BCUT2D eigenvalue weighted by atomic mass is 32.1. The molecule has 0 unspecified atom stereocenters. The summed E-state index contributed by atoms with van der Waals surface area (Å²) in [6, 6.07) is 15.4. The van der Waals surface area contributed by atoms with Crippen molar-refractivity contribution in [1.82, 2.24) is 9.88 Å². The van der Waals surface area contributed by atoms with Crippen LogP contribution in [0.4, 0.5) is 5.82 Å². The number of aromatic nitrogens is 1. The zero-order valence-electron chi connectivity index (χ0n) is 14.5. The van der Waals surface area contributed by atoms with Gasteiger partial charge >= 0.3 is 0 Å². The lowest BCUT2D eigenvalue weighted by molar-refractivity contribution is 0.0955. The van der Waals surface area contributed by atoms with Gasteiger partial charge in [0, 0.05) is 12.2 Å². The maximum Gasteiger partial charge on any atom is 0.265 e. The normalized spacial score (nSPS) is 10.5. The Balaban J connectivity index is 1.78. The lowest BCUT2D eigenvalue weighted by Crippen LogP contribution is -2.23. The van der Waals surface area contributed by atoms with Gasteiger partial charge in [-0.1, -0.05) is 41.2 Å². The summed E-state index contributed by atoms with van der Waals surface area (Å²) in [5.74, 6) is 0.897. The Labute approximate surface area is 161 Å². The molecule has 1 aromatic heterocycles. The Bertz CT molecular complexity index is 974. The third-order valence-corrected chi connectivity index (χ3v) is 5.34. The molecule has 5 nitrogen and oxygen atoms in total. The van der Waals surface area contributed by atoms with Gasteiger partial charge in [-0.15, -0.1) is 0 Å². The predicted molar refractivity (Wildman–Crippen MR) is 108 cm³/mol. The second-order valence-electron chi connectivity index (χ2n) is 5.78. The van der Waals surface area contributed by atoms with Gasteiger partial charge in [-0.25, -0.2) is 0 Å². The number of nitrogen functional groups attached to an aromatic ring is 1. The number of carbonyl (C=O) groups is 1. The van der Waals surface area contributed by atoms with Gasteiger partial charge in [0.2, 0.25) is 0 Å². The fourth-order valence-electron chi connectivity index (χ4n) is 2.49. The second kappa shape index (κ2) is 7.72. The van der Waals surface area contributed by atoms with Crippen molar-refractivity contribution in [2.45, 2.75) is 13.5 Å². The van der Waals surface area contributed by atoms with Crippen LogP contribution in [0, 0.1) is 10.9 Å². The lowest BCUT2D eigenvalue weighted by Gasteiger charge is -2.08. The third kappa shape index (κ3) is 3.79. The van der Waals surface area contributed by atoms with Gasteiger partial charge in [-0.2, -0.15) is 0 Å². The van der Waals surface area contributed by atoms with Gasteiger partial charge in [0.1, 0.15) is 16.4 Å². The number of anilines is 1. The molecule has 0 radical (unpaired) electrons. The van der Waals surface area contributed by atoms with Crippen LogP contribution in [0.25, 0.3) is 5.69 Å². The van der Waals surface area contributed by atoms with Crippen LogP contribution in [0.3, 0.4) is 0 Å². The summed E-state index contributed by atoms with van der Waals surface area (Å²) in [5, 5.41) is 2.89. The molecular weight excluding hydrogens is 366 g/mol. The van der Waals surface area contributed by atoms with Crippen molar-refractivity contribution in [2.75, 3.05) is 12.8 Å². The number of methoxy groups -OCH3 is 1. The number of hydrogen-bond donors (Lipinski definition) is 2. The van der Waals surface area contributed by atoms with Crippen LogP contribution in [-0.2, 0) is 6.54 Å². The monoisotopic (exact) mass is 385 g/mol. The first kappa shape index (κ1) is 18.2. The zero-order chi connectivity index (χ0) is 18.7. The van der Waals surface area contributed by atoms with Crippen molar-refractivity contribution in [3.05, 3.63) is 68.5 Å². The van der Waals surface area contributed by atoms with Gasteiger partial charge in [-0.05, 0) is 49.0 Å². The minimum atomic E-state index is -0.236. The molecule has 0 atom stereocenters. The molecule has 0 bridgehead atoms. The van der Waals surface area contributed by atoms with Crippen LogP contribution in [0.2, 0.25) is 0 Å². The van der Waals surface area contributed by atoms with Crippen LogP contribution in [0.1, 0.15) is 20.8 Å². The number of nitrogens with zero attached hydrogens (tertiary/aromatic N) is 1. The Morgan fingerprint density at radius 2 is 1.85 bits per heavy atom. The summed E-state index contributed by atoms with van der Waals surface area (Å²) in [4.78, 5) is 13.0. The van der Waals surface area contributed by atoms with Gasteiger partial charge in [0.15, 0.2) is 3.95 Å². The highest BCUT2D eigenvalue weighted by Gasteiger charge is 2.17. The molecule has 7 heteroatoms. The van der Waals surface area contributed by atoms with Crippen LogP contribution < -0.4 is 15.8 Å². The minimum absolute atomic E-state index is 0.236. The summed E-state index contributed by atoms with van der Waals surface area (Å²) < 4.78 is 7.40. The molecule has 3 rings (SSSR count). The number of rotatable bonds is 5. The number of nitrogens with one attached hydrogen (secondary N) is 1. The lowest BCUT2D eigenvalue weighted by atomic mass is 10.2. The first-order valence-electron chi connectivity index (χ1n) is 7.99. The first-order valence-corrected chi connectivity index (χ1v) is 9.21. The average molecular weight is 386 g/mol. The number of amides is 1. The van der Waals surface area contributed by atoms with Crippen molar-refractivity contribution in [3.8, 4) is 11.4 Å². The quantitative estimate of drug-likeness (QED) is 0.649. The van der Waals surface area contributed by atoms with E-state index in [1.807, 2.05) is 55.5 Å². The number of carbonyl (C=O) groups excluding carboxylic acids is 1. The van der Waals surface area contributed by atoms with Crippen molar-refractivity contribution < 1.29 is 9.53 Å². The molecule has 0 fully saturated rings. The van der Waals surface area contributed by atoms with E-state index in [-0.39, 0.29) is 5.91 Å². The summed E-state index contributed by atoms with van der Waals surface area (Å²) in [7, 11) is 1.62. The van der Waals surface area contributed by atoms with E-state index >= 15 is 0 Å². The molecule has 0 aliphatic rings. The van der Waals surface area contributed by atoms with E-state index in [0.717, 1.165) is 22.6 Å². The van der Waals surface area contributed by atoms with Crippen LogP contribution in [0.5, 0.6) is 5.75 Å². The summed E-state index contributed by atoms with van der Waals surface area (Å²) >= 11 is 6.62. The standard InChI is InChI=1S/C19H19N3O2S2/c1-12-3-7-14(8-4-12)22-17(20)16(26-19(22)25)18(23)21-11-13-5-9-15(24-2)10-6-13/h3-10H,11,20H2,1-2H3,(H,21,23). The fraction of sp³-hybridized carbons (Fsp3) is 0.158. The van der Waals surface area contributed by atoms with Crippen molar-refractivity contribution in [1.29, 1.82) is 0 Å². The molecule has 1 heterocycles. The molecule has 134 valence electrons. The Morgan fingerprint density at radius 3 is 2.46 bits per heavy atom. The largest absolute Gasteiger partial charge is 0.497 e. The van der Waals surface area contributed by atoms with E-state index in [0.29, 0.717) is 21.2 Å². The maximum atomic E-state index is 12.5. The molecule has 0 saturated heterocycles. The molecule has 0 saturated carbocycles. The van der Waals surface area contributed by atoms with Crippen LogP contribution in [0.15, 0.2) is 48.5 Å². The molecule has 3 aromatic rings. The van der Waals surface area contributed by atoms with Crippen molar-refractivity contribution in [2.24, 2.45) is 0 Å². The molecule has 3 N–H and O–H groups in total. The summed E-state index contributed by atoms with van der Waals surface area (Å²) in [6.45, 7) is 2.41. The number of aryl methyl sites for hydroxylation is 1. The van der Waals surface area contributed by atoms with E-state index < -0.39 is 0 Å². The van der Waals surface area contributed by atoms with E-state index in [1.165, 1.54) is 11.3 Å². The molecular formula is C19H19N3O2S2. The number of ether oxygens (including phenoxy) is 1. The fourth-order valence-corrected chi connectivity index (χ4v) is 3.78. The number of thiazole rings is 1. The van der Waals surface area contributed by atoms with Gasteiger partial charge < -0.3 is 15.8 Å². The summed E-state index contributed by atoms with van der Waals surface area (Å²) in [5.41, 5.74) is 9.18. The number of nitrogens with two attached hydrogens (primary N) is 1. The Kier molecular flexibility index (Phi) is 5.39. The smallest absolute Gasteiger partial charge is 0.265 e. The average Bonchev–Trinajstić information content (AvgIpc) is 2.95. The summed E-state index contributed by atoms with van der Waals surface area (Å²) in [6.07, 6.45) is 0. The Morgan fingerprint density at radius 1 is 1.19 bits per heavy atom. The first-order chi connectivity index (χ1) is 12.5. The number of hydrogen-bond acceptors (Lipinski definition) is 5. The minimum Gasteiger partial charge on any atom is -0.497 e. The van der Waals surface area contributed by atoms with E-state index in [2.05, 4.69) is 5.32 Å². The SMILES string of the molecule is COc1ccc(CNC(=O)c2sc(=S)n(-c3ccc(C)cc3)c2N)cc1. The maximum absolute atomic E-state index is 12.5. The number of benzene rings is 2. The van der Waals surface area contributed by atoms with Gasteiger partial charge in [0.25, 0.3) is 5.91 Å². The predicted octanol–water partition coefficient (Wildman–Crippen LogP) is 4.10. The van der Waals surface area contributed by atoms with E-state index in [4.69, 9.17) is 22.7 Å². The third-order valence-electron chi connectivity index (χ3n) is 3.96. The second-order valence-corrected chi connectivity index (χ2v) is 7.43. The molecule has 0 aliphatic heterocycles. The van der Waals surface area contributed by atoms with Crippen LogP contribution >= 0.6 is 23.6 Å². The molecule has 26 heavy (non-hydrogen) atoms. The van der Waals surface area contributed by atoms with Crippen LogP contribution in [-0.4, -0.2) is 17.6 Å². The highest BCUT2D eigenvalue weighted by Crippen LogP contribution is 2.26. The zero-order valence-corrected chi connectivity index (χ0v) is 16.1. The van der Waals surface area contributed by atoms with E-state index in [9.17, 15) is 4.79 Å². The highest BCUT2D eigenvalue weighted by molar-refractivity contribution is 7.73. The van der Waals surface area contributed by atoms with Crippen molar-refractivity contribution in [3.63, 3.8) is 0 Å². The Hall–Kier alpha value is -2.64. The van der Waals surface area contributed by atoms with Gasteiger partial charge in [0.05, 0.1) is 7.11 Å². The van der Waals surface area contributed by atoms with Crippen molar-refractivity contribution >= 4 is 35.3 Å². The molecule has 0 aliphatic carbocycles. The molecule has 2 aromatic carbocycles. The molecule has 0 spiro atoms. The van der Waals surface area contributed by atoms with Gasteiger partial charge in [-0.3, -0.25) is 9.36 Å². The molecule has 1 amide bonds. The van der Waals surface area contributed by atoms with E-state index in [1.54, 1.807) is 11.7 Å². The topological polar surface area (TPSA) is 69.3 Å².